The minimum Gasteiger partial charge on any atom is -0.487 e. The summed E-state index contributed by atoms with van der Waals surface area (Å²) in [5.41, 5.74) is 0.504. The van der Waals surface area contributed by atoms with E-state index in [4.69, 9.17) is 16.3 Å². The van der Waals surface area contributed by atoms with Gasteiger partial charge in [0.25, 0.3) is 0 Å². The van der Waals surface area contributed by atoms with E-state index in [-0.39, 0.29) is 17.2 Å². The van der Waals surface area contributed by atoms with Crippen LogP contribution in [0.4, 0.5) is 8.78 Å². The highest BCUT2D eigenvalue weighted by Crippen LogP contribution is 2.26. The minimum atomic E-state index is -0.554. The molecule has 0 saturated heterocycles. The van der Waals surface area contributed by atoms with Crippen molar-refractivity contribution >= 4 is 17.9 Å². The van der Waals surface area contributed by atoms with E-state index < -0.39 is 11.6 Å². The smallest absolute Gasteiger partial charge is 0.150 e. The average molecular weight is 283 g/mol. The second-order valence-electron chi connectivity index (χ2n) is 3.83. The quantitative estimate of drug-likeness (QED) is 0.792. The largest absolute Gasteiger partial charge is 0.487 e. The number of benzene rings is 2. The molecular formula is C14H9ClF2O2. The molecule has 0 unspecified atom stereocenters. The third kappa shape index (κ3) is 3.29. The Morgan fingerprint density at radius 3 is 2.63 bits per heavy atom. The van der Waals surface area contributed by atoms with Crippen molar-refractivity contribution in [3.63, 3.8) is 0 Å². The molecule has 0 fully saturated rings. The topological polar surface area (TPSA) is 26.3 Å². The van der Waals surface area contributed by atoms with Gasteiger partial charge in [0.1, 0.15) is 30.3 Å². The van der Waals surface area contributed by atoms with Crippen molar-refractivity contribution in [3.05, 3.63) is 64.2 Å². The summed E-state index contributed by atoms with van der Waals surface area (Å²) in [4.78, 5) is 10.5. The van der Waals surface area contributed by atoms with Gasteiger partial charge in [-0.15, -0.1) is 0 Å². The van der Waals surface area contributed by atoms with Gasteiger partial charge in [0.05, 0.1) is 5.02 Å². The van der Waals surface area contributed by atoms with Crippen molar-refractivity contribution in [1.29, 1.82) is 0 Å². The van der Waals surface area contributed by atoms with E-state index in [1.54, 1.807) is 0 Å². The van der Waals surface area contributed by atoms with Gasteiger partial charge in [-0.05, 0) is 36.4 Å². The summed E-state index contributed by atoms with van der Waals surface area (Å²) in [5, 5.41) is 0.237. The Hall–Kier alpha value is -1.94. The lowest BCUT2D eigenvalue weighted by molar-refractivity contribution is 0.112. The van der Waals surface area contributed by atoms with Crippen LogP contribution in [0.5, 0.6) is 5.75 Å². The first-order valence-electron chi connectivity index (χ1n) is 5.41. The zero-order valence-corrected chi connectivity index (χ0v) is 10.5. The van der Waals surface area contributed by atoms with E-state index in [1.165, 1.54) is 18.2 Å². The van der Waals surface area contributed by atoms with Gasteiger partial charge in [-0.2, -0.15) is 0 Å². The predicted octanol–water partition coefficient (Wildman–Crippen LogP) is 4.01. The van der Waals surface area contributed by atoms with Gasteiger partial charge in [0, 0.05) is 11.1 Å². The summed E-state index contributed by atoms with van der Waals surface area (Å²) in [6.45, 7) is -0.149. The fraction of sp³-hybridized carbons (Fsp3) is 0.0714. The Labute approximate surface area is 113 Å². The highest BCUT2D eigenvalue weighted by molar-refractivity contribution is 6.32. The normalized spacial score (nSPS) is 10.3. The monoisotopic (exact) mass is 282 g/mol. The fourth-order valence-electron chi connectivity index (χ4n) is 1.52. The molecule has 0 aliphatic heterocycles. The lowest BCUT2D eigenvalue weighted by Gasteiger charge is -2.09. The van der Waals surface area contributed by atoms with Crippen LogP contribution in [0.1, 0.15) is 15.9 Å². The zero-order chi connectivity index (χ0) is 13.8. The average Bonchev–Trinajstić information content (AvgIpc) is 2.40. The second kappa shape index (κ2) is 5.80. The molecule has 2 rings (SSSR count). The van der Waals surface area contributed by atoms with E-state index in [1.807, 2.05) is 0 Å². The Bertz CT molecular complexity index is 614. The maximum Gasteiger partial charge on any atom is 0.150 e. The van der Waals surface area contributed by atoms with Crippen molar-refractivity contribution < 1.29 is 18.3 Å². The first-order chi connectivity index (χ1) is 9.10. The van der Waals surface area contributed by atoms with Crippen LogP contribution in [0.15, 0.2) is 36.4 Å². The lowest BCUT2D eigenvalue weighted by atomic mass is 10.2. The SMILES string of the molecule is O=Cc1ccc(OCc2cc(F)ccc2F)c(Cl)c1. The molecule has 0 aromatic heterocycles. The van der Waals surface area contributed by atoms with Crippen molar-refractivity contribution in [2.24, 2.45) is 0 Å². The molecule has 0 aliphatic rings. The molecular weight excluding hydrogens is 274 g/mol. The highest BCUT2D eigenvalue weighted by Gasteiger charge is 2.07. The van der Waals surface area contributed by atoms with Crippen LogP contribution in [0, 0.1) is 11.6 Å². The Balaban J connectivity index is 2.14. The van der Waals surface area contributed by atoms with Crippen molar-refractivity contribution in [2.45, 2.75) is 6.61 Å². The molecule has 0 spiro atoms. The Morgan fingerprint density at radius 1 is 1.16 bits per heavy atom. The molecule has 0 saturated carbocycles. The maximum atomic E-state index is 13.4. The number of carbonyl (C=O) groups excluding carboxylic acids is 1. The molecule has 2 aromatic rings. The third-order valence-electron chi connectivity index (χ3n) is 2.48. The van der Waals surface area contributed by atoms with Crippen LogP contribution in [0.3, 0.4) is 0 Å². The van der Waals surface area contributed by atoms with Crippen molar-refractivity contribution in [2.75, 3.05) is 0 Å². The van der Waals surface area contributed by atoms with E-state index in [0.29, 0.717) is 17.6 Å². The molecule has 0 atom stereocenters. The molecule has 2 nitrogen and oxygen atoms in total. The van der Waals surface area contributed by atoms with Gasteiger partial charge >= 0.3 is 0 Å². The van der Waals surface area contributed by atoms with Crippen LogP contribution in [0.2, 0.25) is 5.02 Å². The van der Waals surface area contributed by atoms with Crippen molar-refractivity contribution in [1.82, 2.24) is 0 Å². The van der Waals surface area contributed by atoms with Gasteiger partial charge in [-0.3, -0.25) is 4.79 Å². The lowest BCUT2D eigenvalue weighted by Crippen LogP contribution is -2.00. The fourth-order valence-corrected chi connectivity index (χ4v) is 1.76. The minimum absolute atomic E-state index is 0.0931. The summed E-state index contributed by atoms with van der Waals surface area (Å²) < 4.78 is 31.6. The van der Waals surface area contributed by atoms with E-state index in [2.05, 4.69) is 0 Å². The third-order valence-corrected chi connectivity index (χ3v) is 2.78. The van der Waals surface area contributed by atoms with E-state index in [9.17, 15) is 13.6 Å². The summed E-state index contributed by atoms with van der Waals surface area (Å²) in [5.74, 6) is -0.791. The standard InChI is InChI=1S/C14H9ClF2O2/c15-12-5-9(7-18)1-4-14(12)19-8-10-6-11(16)2-3-13(10)17/h1-7H,8H2. The summed E-state index contributed by atoms with van der Waals surface area (Å²) >= 11 is 5.89. The zero-order valence-electron chi connectivity index (χ0n) is 9.70. The van der Waals surface area contributed by atoms with Crippen LogP contribution < -0.4 is 4.74 Å². The van der Waals surface area contributed by atoms with Crippen LogP contribution in [-0.2, 0) is 6.61 Å². The first-order valence-corrected chi connectivity index (χ1v) is 5.79. The Morgan fingerprint density at radius 2 is 1.95 bits per heavy atom. The maximum absolute atomic E-state index is 13.4. The number of hydrogen-bond acceptors (Lipinski definition) is 2. The van der Waals surface area contributed by atoms with E-state index >= 15 is 0 Å². The number of carbonyl (C=O) groups is 1. The van der Waals surface area contributed by atoms with Gasteiger partial charge in [-0.25, -0.2) is 8.78 Å². The molecule has 2 aromatic carbocycles. The molecule has 98 valence electrons. The van der Waals surface area contributed by atoms with Gasteiger partial charge < -0.3 is 4.74 Å². The van der Waals surface area contributed by atoms with Crippen LogP contribution in [0.25, 0.3) is 0 Å². The molecule has 0 radical (unpaired) electrons. The summed E-state index contributed by atoms with van der Waals surface area (Å²) in [6.07, 6.45) is 0.655. The molecule has 0 amide bonds. The molecule has 0 bridgehead atoms. The van der Waals surface area contributed by atoms with Crippen molar-refractivity contribution in [3.8, 4) is 5.75 Å². The summed E-state index contributed by atoms with van der Waals surface area (Å²) in [7, 11) is 0. The molecule has 19 heavy (non-hydrogen) atoms. The number of halogens is 3. The molecule has 0 N–H and O–H groups in total. The number of rotatable bonds is 4. The number of ether oxygens (including phenoxy) is 1. The highest BCUT2D eigenvalue weighted by atomic mass is 35.5. The van der Waals surface area contributed by atoms with Crippen LogP contribution in [-0.4, -0.2) is 6.29 Å². The second-order valence-corrected chi connectivity index (χ2v) is 4.24. The van der Waals surface area contributed by atoms with E-state index in [0.717, 1.165) is 18.2 Å². The summed E-state index contributed by atoms with van der Waals surface area (Å²) in [6, 6.07) is 7.59. The predicted molar refractivity (Wildman–Crippen MR) is 67.5 cm³/mol. The van der Waals surface area contributed by atoms with Gasteiger partial charge in [-0.1, -0.05) is 11.6 Å². The van der Waals surface area contributed by atoms with Crippen LogP contribution >= 0.6 is 11.6 Å². The van der Waals surface area contributed by atoms with Gasteiger partial charge in [0.2, 0.25) is 0 Å². The molecule has 5 heteroatoms. The Kier molecular flexibility index (Phi) is 4.12. The first kappa shape index (κ1) is 13.5. The number of hydrogen-bond donors (Lipinski definition) is 0. The van der Waals surface area contributed by atoms with Gasteiger partial charge in [0.15, 0.2) is 0 Å². The number of aldehydes is 1. The molecule has 0 heterocycles. The molecule has 0 aliphatic carbocycles.